The van der Waals surface area contributed by atoms with Gasteiger partial charge in [-0.25, -0.2) is 23.5 Å². The van der Waals surface area contributed by atoms with Crippen LogP contribution in [-0.4, -0.2) is 36.7 Å². The first-order valence-electron chi connectivity index (χ1n) is 9.75. The van der Waals surface area contributed by atoms with Crippen LogP contribution < -0.4 is 10.9 Å². The summed E-state index contributed by atoms with van der Waals surface area (Å²) < 4.78 is 29.4. The number of H-pyrrole nitrogens is 1. The molecule has 0 amide bonds. The lowest BCUT2D eigenvalue weighted by atomic mass is 9.88. The molecule has 158 valence electrons. The van der Waals surface area contributed by atoms with E-state index in [1.54, 1.807) is 16.8 Å². The van der Waals surface area contributed by atoms with Gasteiger partial charge >= 0.3 is 0 Å². The van der Waals surface area contributed by atoms with Gasteiger partial charge in [0, 0.05) is 18.0 Å². The average Bonchev–Trinajstić information content (AvgIpc) is 3.14. The van der Waals surface area contributed by atoms with Crippen molar-refractivity contribution in [1.29, 1.82) is 0 Å². The third kappa shape index (κ3) is 3.29. The van der Waals surface area contributed by atoms with E-state index in [1.807, 2.05) is 0 Å². The molecule has 1 aliphatic rings. The number of hydrogen-bond donors (Lipinski definition) is 3. The van der Waals surface area contributed by atoms with Gasteiger partial charge in [0.1, 0.15) is 23.8 Å². The number of aromatic amines is 1. The Labute approximate surface area is 174 Å². The number of benzene rings is 2. The second kappa shape index (κ2) is 7.64. The highest BCUT2D eigenvalue weighted by molar-refractivity contribution is 5.88. The van der Waals surface area contributed by atoms with E-state index in [1.165, 1.54) is 30.6 Å². The lowest BCUT2D eigenvalue weighted by Gasteiger charge is -2.26. The van der Waals surface area contributed by atoms with Gasteiger partial charge in [-0.2, -0.15) is 10.2 Å². The average molecular weight is 424 g/mol. The fraction of sp³-hybridized carbons (Fsp3) is 0.238. The molecule has 1 aliphatic heterocycles. The maximum absolute atomic E-state index is 14.3. The van der Waals surface area contributed by atoms with E-state index in [-0.39, 0.29) is 30.9 Å². The number of aliphatic hydroxyl groups is 1. The highest BCUT2D eigenvalue weighted by atomic mass is 19.1. The van der Waals surface area contributed by atoms with Gasteiger partial charge in [0.05, 0.1) is 30.1 Å². The molecule has 5 rings (SSSR count). The summed E-state index contributed by atoms with van der Waals surface area (Å²) in [6.07, 6.45) is 1.38. The number of halogens is 2. The van der Waals surface area contributed by atoms with Crippen molar-refractivity contribution in [2.75, 3.05) is 6.61 Å². The molecule has 0 saturated heterocycles. The minimum Gasteiger partial charge on any atom is -0.394 e. The largest absolute Gasteiger partial charge is 0.394 e. The van der Waals surface area contributed by atoms with Crippen molar-refractivity contribution in [2.24, 2.45) is 0 Å². The van der Waals surface area contributed by atoms with Crippen molar-refractivity contribution in [3.8, 4) is 0 Å². The molecule has 0 fully saturated rings. The molecule has 2 aromatic carbocycles. The molecule has 2 unspecified atom stereocenters. The maximum atomic E-state index is 14.3. The Morgan fingerprint density at radius 1 is 1.16 bits per heavy atom. The molecule has 0 bridgehead atoms. The van der Waals surface area contributed by atoms with E-state index in [0.29, 0.717) is 22.5 Å². The molecule has 4 aromatic rings. The van der Waals surface area contributed by atoms with Gasteiger partial charge in [0.25, 0.3) is 5.56 Å². The topological polar surface area (TPSA) is 109 Å². The molecule has 2 atom stereocenters. The highest BCUT2D eigenvalue weighted by Crippen LogP contribution is 2.40. The van der Waals surface area contributed by atoms with E-state index in [0.717, 1.165) is 5.56 Å². The third-order valence-electron chi connectivity index (χ3n) is 5.57. The number of nitrogens with one attached hydrogen (secondary N) is 2. The first kappa shape index (κ1) is 19.5. The normalized spacial score (nSPS) is 18.3. The van der Waals surface area contributed by atoms with Crippen molar-refractivity contribution in [3.05, 3.63) is 87.4 Å². The first-order chi connectivity index (χ1) is 15.1. The summed E-state index contributed by atoms with van der Waals surface area (Å²) in [5, 5.41) is 24.6. The first-order valence-corrected chi connectivity index (χ1v) is 9.75. The second-order valence-electron chi connectivity index (χ2n) is 7.38. The Morgan fingerprint density at radius 3 is 2.74 bits per heavy atom. The van der Waals surface area contributed by atoms with Crippen molar-refractivity contribution in [2.45, 2.75) is 25.0 Å². The second-order valence-corrected chi connectivity index (χ2v) is 7.38. The van der Waals surface area contributed by atoms with E-state index in [9.17, 15) is 18.7 Å². The van der Waals surface area contributed by atoms with Crippen LogP contribution in [-0.2, 0) is 13.1 Å². The third-order valence-corrected chi connectivity index (χ3v) is 5.57. The summed E-state index contributed by atoms with van der Waals surface area (Å²) in [6.45, 7) is 0.331. The summed E-state index contributed by atoms with van der Waals surface area (Å²) in [5.41, 5.74) is 1.36. The van der Waals surface area contributed by atoms with E-state index in [4.69, 9.17) is 0 Å². The fourth-order valence-corrected chi connectivity index (χ4v) is 4.26. The molecule has 31 heavy (non-hydrogen) atoms. The molecule has 0 aliphatic carbocycles. The van der Waals surface area contributed by atoms with Gasteiger partial charge in [-0.1, -0.05) is 12.1 Å². The van der Waals surface area contributed by atoms with Crippen LogP contribution in [0.2, 0.25) is 0 Å². The minimum absolute atomic E-state index is 0.145. The van der Waals surface area contributed by atoms with Crippen LogP contribution in [0.1, 0.15) is 34.6 Å². The molecule has 10 heteroatoms. The SMILES string of the molecule is O=c1[nH]nc2c3c(cc(F)cc13)CNC(c1ccc(F)cc1)C2c1ncnn1CCO. The van der Waals surface area contributed by atoms with Gasteiger partial charge < -0.3 is 10.4 Å². The van der Waals surface area contributed by atoms with Crippen LogP contribution in [0, 0.1) is 11.6 Å². The van der Waals surface area contributed by atoms with Gasteiger partial charge in [0.15, 0.2) is 0 Å². The summed E-state index contributed by atoms with van der Waals surface area (Å²) >= 11 is 0. The lowest BCUT2D eigenvalue weighted by Crippen LogP contribution is -2.29. The quantitative estimate of drug-likeness (QED) is 0.461. The smallest absolute Gasteiger partial charge is 0.272 e. The fourth-order valence-electron chi connectivity index (χ4n) is 4.26. The number of nitrogens with zero attached hydrogens (tertiary/aromatic N) is 4. The Hall–Kier alpha value is -3.50. The summed E-state index contributed by atoms with van der Waals surface area (Å²) in [4.78, 5) is 16.8. The maximum Gasteiger partial charge on any atom is 0.272 e. The summed E-state index contributed by atoms with van der Waals surface area (Å²) in [7, 11) is 0. The van der Waals surface area contributed by atoms with Crippen molar-refractivity contribution >= 4 is 10.8 Å². The van der Waals surface area contributed by atoms with Crippen LogP contribution in [0.5, 0.6) is 0 Å². The number of aromatic nitrogens is 5. The Kier molecular flexibility index (Phi) is 4.79. The Bertz CT molecular complexity index is 1320. The lowest BCUT2D eigenvalue weighted by molar-refractivity contribution is 0.264. The van der Waals surface area contributed by atoms with Gasteiger partial charge in [-0.05, 0) is 35.4 Å². The number of rotatable bonds is 4. The van der Waals surface area contributed by atoms with Gasteiger partial charge in [-0.15, -0.1) is 0 Å². The van der Waals surface area contributed by atoms with Crippen LogP contribution in [0.15, 0.2) is 47.5 Å². The number of aliphatic hydroxyl groups excluding tert-OH is 1. The predicted molar refractivity (Wildman–Crippen MR) is 107 cm³/mol. The molecule has 0 radical (unpaired) electrons. The molecule has 3 N–H and O–H groups in total. The van der Waals surface area contributed by atoms with E-state index < -0.39 is 23.3 Å². The highest BCUT2D eigenvalue weighted by Gasteiger charge is 2.36. The van der Waals surface area contributed by atoms with Gasteiger partial charge in [-0.3, -0.25) is 4.79 Å². The molecule has 0 spiro atoms. The summed E-state index contributed by atoms with van der Waals surface area (Å²) in [6, 6.07) is 8.18. The van der Waals surface area contributed by atoms with Crippen LogP contribution >= 0.6 is 0 Å². The van der Waals surface area contributed by atoms with Crippen molar-refractivity contribution in [1.82, 2.24) is 30.3 Å². The van der Waals surface area contributed by atoms with Crippen LogP contribution in [0.25, 0.3) is 10.8 Å². The molecule has 8 nitrogen and oxygen atoms in total. The standard InChI is InChI=1S/C21H18F2N6O2/c22-13-3-1-11(2-4-13)18-17(20-25-10-26-29(20)5-6-30)19-16-12(9-24-18)7-14(23)8-15(16)21(31)28-27-19/h1-4,7-8,10,17-18,24,30H,5-6,9H2,(H,28,31). The predicted octanol–water partition coefficient (Wildman–Crippen LogP) is 1.76. The van der Waals surface area contributed by atoms with E-state index >= 15 is 0 Å². The molecule has 2 aromatic heterocycles. The Morgan fingerprint density at radius 2 is 1.97 bits per heavy atom. The molecular formula is C21H18F2N6O2. The van der Waals surface area contributed by atoms with Crippen LogP contribution in [0.3, 0.4) is 0 Å². The van der Waals surface area contributed by atoms with E-state index in [2.05, 4.69) is 25.6 Å². The zero-order valence-corrected chi connectivity index (χ0v) is 16.2. The van der Waals surface area contributed by atoms with Crippen molar-refractivity contribution < 1.29 is 13.9 Å². The number of hydrogen-bond acceptors (Lipinski definition) is 6. The van der Waals surface area contributed by atoms with Crippen LogP contribution in [0.4, 0.5) is 8.78 Å². The Balaban J connectivity index is 1.80. The summed E-state index contributed by atoms with van der Waals surface area (Å²) in [5.74, 6) is -0.932. The molecule has 3 heterocycles. The zero-order chi connectivity index (χ0) is 21.5. The van der Waals surface area contributed by atoms with Crippen molar-refractivity contribution in [3.63, 3.8) is 0 Å². The monoisotopic (exact) mass is 424 g/mol. The van der Waals surface area contributed by atoms with Gasteiger partial charge in [0.2, 0.25) is 0 Å². The minimum atomic E-state index is -0.550. The molecular weight excluding hydrogens is 406 g/mol. The molecule has 0 saturated carbocycles. The zero-order valence-electron chi connectivity index (χ0n) is 16.2.